The average Bonchev–Trinajstić information content (AvgIpc) is 3.22. The van der Waals surface area contributed by atoms with Crippen molar-refractivity contribution in [3.63, 3.8) is 0 Å². The molecule has 0 unspecified atom stereocenters. The standard InChI is InChI=1S/C19H24N4O4/c1-13(2)9-16-20-17(27-21-16)10-22(3)18(24)11-23-15(12-26-19(23)25)14-7-5-4-6-8-14/h4-8,13,15H,9-12H2,1-3H3/t15-/m1/s1. The molecule has 1 saturated heterocycles. The first-order valence-electron chi connectivity index (χ1n) is 8.97. The molecule has 8 heteroatoms. The molecule has 144 valence electrons. The number of amides is 2. The number of ether oxygens (including phenoxy) is 1. The molecule has 1 aliphatic rings. The van der Waals surface area contributed by atoms with Crippen LogP contribution >= 0.6 is 0 Å². The second-order valence-corrected chi connectivity index (χ2v) is 7.08. The Hall–Kier alpha value is -2.90. The van der Waals surface area contributed by atoms with Gasteiger partial charge in [-0.2, -0.15) is 4.98 Å². The van der Waals surface area contributed by atoms with Gasteiger partial charge in [0.25, 0.3) is 0 Å². The van der Waals surface area contributed by atoms with Gasteiger partial charge >= 0.3 is 6.09 Å². The fourth-order valence-corrected chi connectivity index (χ4v) is 2.94. The predicted octanol–water partition coefficient (Wildman–Crippen LogP) is 2.42. The number of carbonyl (C=O) groups excluding carboxylic acids is 2. The summed E-state index contributed by atoms with van der Waals surface area (Å²) in [4.78, 5) is 31.9. The smallest absolute Gasteiger partial charge is 0.410 e. The van der Waals surface area contributed by atoms with Crippen LogP contribution in [-0.2, 0) is 22.5 Å². The van der Waals surface area contributed by atoms with E-state index in [1.54, 1.807) is 7.05 Å². The van der Waals surface area contributed by atoms with Crippen LogP contribution in [0.5, 0.6) is 0 Å². The molecule has 1 aliphatic heterocycles. The zero-order valence-corrected chi connectivity index (χ0v) is 15.8. The Kier molecular flexibility index (Phi) is 5.73. The first-order chi connectivity index (χ1) is 12.9. The highest BCUT2D eigenvalue weighted by Crippen LogP contribution is 2.27. The normalized spacial score (nSPS) is 16.7. The van der Waals surface area contributed by atoms with Crippen molar-refractivity contribution in [1.29, 1.82) is 0 Å². The fourth-order valence-electron chi connectivity index (χ4n) is 2.94. The third-order valence-corrected chi connectivity index (χ3v) is 4.36. The average molecular weight is 372 g/mol. The number of carbonyl (C=O) groups is 2. The minimum atomic E-state index is -0.484. The second-order valence-electron chi connectivity index (χ2n) is 7.08. The lowest BCUT2D eigenvalue weighted by Gasteiger charge is -2.23. The summed E-state index contributed by atoms with van der Waals surface area (Å²) in [5, 5.41) is 3.93. The van der Waals surface area contributed by atoms with Crippen LogP contribution in [0.1, 0.15) is 37.2 Å². The highest BCUT2D eigenvalue weighted by Gasteiger charge is 2.36. The number of hydrogen-bond donors (Lipinski definition) is 0. The van der Waals surface area contributed by atoms with Gasteiger partial charge < -0.3 is 14.2 Å². The van der Waals surface area contributed by atoms with E-state index < -0.39 is 6.09 Å². The number of likely N-dealkylation sites (N-methyl/N-ethyl adjacent to an activating group) is 1. The summed E-state index contributed by atoms with van der Waals surface area (Å²) < 4.78 is 10.4. The van der Waals surface area contributed by atoms with Crippen molar-refractivity contribution in [2.45, 2.75) is 32.9 Å². The summed E-state index contributed by atoms with van der Waals surface area (Å²) in [5.41, 5.74) is 0.939. The Labute approximate surface area is 158 Å². The van der Waals surface area contributed by atoms with Gasteiger partial charge in [-0.05, 0) is 11.5 Å². The summed E-state index contributed by atoms with van der Waals surface area (Å²) in [7, 11) is 1.65. The lowest BCUT2D eigenvalue weighted by Crippen LogP contribution is -2.39. The largest absolute Gasteiger partial charge is 0.447 e. The Morgan fingerprint density at radius 2 is 2.07 bits per heavy atom. The van der Waals surface area contributed by atoms with Crippen LogP contribution in [0.25, 0.3) is 0 Å². The van der Waals surface area contributed by atoms with Gasteiger partial charge in [0.15, 0.2) is 5.82 Å². The Morgan fingerprint density at radius 3 is 2.78 bits per heavy atom. The number of hydrogen-bond acceptors (Lipinski definition) is 6. The first-order valence-corrected chi connectivity index (χ1v) is 8.97. The maximum atomic E-state index is 12.6. The number of cyclic esters (lactones) is 1. The molecule has 0 saturated carbocycles. The number of benzene rings is 1. The zero-order valence-electron chi connectivity index (χ0n) is 15.8. The summed E-state index contributed by atoms with van der Waals surface area (Å²) in [6.45, 7) is 4.51. The van der Waals surface area contributed by atoms with E-state index in [1.807, 2.05) is 30.3 Å². The van der Waals surface area contributed by atoms with Crippen LogP contribution in [0.2, 0.25) is 0 Å². The molecule has 0 N–H and O–H groups in total. The highest BCUT2D eigenvalue weighted by atomic mass is 16.6. The third-order valence-electron chi connectivity index (χ3n) is 4.36. The molecular formula is C19H24N4O4. The minimum absolute atomic E-state index is 0.0676. The van der Waals surface area contributed by atoms with Gasteiger partial charge in [-0.15, -0.1) is 0 Å². The minimum Gasteiger partial charge on any atom is -0.447 e. The van der Waals surface area contributed by atoms with Gasteiger partial charge in [0.1, 0.15) is 13.2 Å². The van der Waals surface area contributed by atoms with Crippen molar-refractivity contribution in [3.05, 3.63) is 47.6 Å². The van der Waals surface area contributed by atoms with Gasteiger partial charge in [-0.25, -0.2) is 4.79 Å². The van der Waals surface area contributed by atoms with Gasteiger partial charge in [0.05, 0.1) is 12.6 Å². The van der Waals surface area contributed by atoms with Gasteiger partial charge in [0, 0.05) is 13.5 Å². The molecule has 3 rings (SSSR count). The molecule has 1 fully saturated rings. The van der Waals surface area contributed by atoms with E-state index >= 15 is 0 Å². The van der Waals surface area contributed by atoms with E-state index in [-0.39, 0.29) is 31.6 Å². The molecular weight excluding hydrogens is 348 g/mol. The van der Waals surface area contributed by atoms with Crippen LogP contribution in [-0.4, -0.2) is 52.1 Å². The fraction of sp³-hybridized carbons (Fsp3) is 0.474. The van der Waals surface area contributed by atoms with E-state index in [0.29, 0.717) is 17.6 Å². The highest BCUT2D eigenvalue weighted by molar-refractivity contribution is 5.83. The number of rotatable bonds is 7. The van der Waals surface area contributed by atoms with Crippen molar-refractivity contribution in [1.82, 2.24) is 19.9 Å². The van der Waals surface area contributed by atoms with E-state index in [1.165, 1.54) is 9.80 Å². The molecule has 2 aromatic rings. The Bertz CT molecular complexity index is 790. The molecule has 0 bridgehead atoms. The van der Waals surface area contributed by atoms with Crippen LogP contribution in [0.3, 0.4) is 0 Å². The molecule has 1 aromatic heterocycles. The molecule has 27 heavy (non-hydrogen) atoms. The molecule has 0 aliphatic carbocycles. The van der Waals surface area contributed by atoms with E-state index in [2.05, 4.69) is 24.0 Å². The van der Waals surface area contributed by atoms with E-state index in [4.69, 9.17) is 9.26 Å². The van der Waals surface area contributed by atoms with Crippen molar-refractivity contribution in [3.8, 4) is 0 Å². The molecule has 1 aromatic carbocycles. The van der Waals surface area contributed by atoms with E-state index in [0.717, 1.165) is 12.0 Å². The summed E-state index contributed by atoms with van der Waals surface area (Å²) in [6, 6.07) is 9.27. The van der Waals surface area contributed by atoms with Gasteiger partial charge in [0.2, 0.25) is 11.8 Å². The predicted molar refractivity (Wildman–Crippen MR) is 96.6 cm³/mol. The Balaban J connectivity index is 1.61. The van der Waals surface area contributed by atoms with Gasteiger partial charge in [-0.1, -0.05) is 49.3 Å². The topological polar surface area (TPSA) is 88.8 Å². The summed E-state index contributed by atoms with van der Waals surface area (Å²) >= 11 is 0. The van der Waals surface area contributed by atoms with E-state index in [9.17, 15) is 9.59 Å². The Morgan fingerprint density at radius 1 is 1.33 bits per heavy atom. The summed E-state index contributed by atoms with van der Waals surface area (Å²) in [5.74, 6) is 1.21. The van der Waals surface area contributed by atoms with Crippen molar-refractivity contribution in [2.75, 3.05) is 20.2 Å². The molecule has 8 nitrogen and oxygen atoms in total. The summed E-state index contributed by atoms with van der Waals surface area (Å²) in [6.07, 6.45) is 0.238. The maximum Gasteiger partial charge on any atom is 0.410 e. The lowest BCUT2D eigenvalue weighted by molar-refractivity contribution is -0.131. The van der Waals surface area contributed by atoms with Crippen molar-refractivity contribution >= 4 is 12.0 Å². The monoisotopic (exact) mass is 372 g/mol. The number of aromatic nitrogens is 2. The van der Waals surface area contributed by atoms with Crippen molar-refractivity contribution in [2.24, 2.45) is 5.92 Å². The molecule has 0 spiro atoms. The molecule has 0 radical (unpaired) electrons. The first kappa shape index (κ1) is 18.9. The van der Waals surface area contributed by atoms with Crippen LogP contribution in [0.4, 0.5) is 4.79 Å². The molecule has 2 amide bonds. The number of nitrogens with zero attached hydrogens (tertiary/aromatic N) is 4. The van der Waals surface area contributed by atoms with Crippen LogP contribution in [0, 0.1) is 5.92 Å². The van der Waals surface area contributed by atoms with Crippen LogP contribution < -0.4 is 0 Å². The lowest BCUT2D eigenvalue weighted by atomic mass is 10.1. The zero-order chi connectivity index (χ0) is 19.4. The van der Waals surface area contributed by atoms with Crippen LogP contribution in [0.15, 0.2) is 34.9 Å². The maximum absolute atomic E-state index is 12.6. The van der Waals surface area contributed by atoms with Gasteiger partial charge in [-0.3, -0.25) is 9.69 Å². The molecule has 1 atom stereocenters. The quantitative estimate of drug-likeness (QED) is 0.742. The third kappa shape index (κ3) is 4.64. The molecule has 2 heterocycles. The second kappa shape index (κ2) is 8.20. The van der Waals surface area contributed by atoms with Crippen molar-refractivity contribution < 1.29 is 18.8 Å². The SMILES string of the molecule is CC(C)Cc1noc(CN(C)C(=O)CN2C(=O)OC[C@@H]2c2ccccc2)n1.